The maximum atomic E-state index is 7.54. The summed E-state index contributed by atoms with van der Waals surface area (Å²) in [4.78, 5) is 8.66. The number of hydrogen-bond donors (Lipinski definition) is 0. The summed E-state index contributed by atoms with van der Waals surface area (Å²) in [7, 11) is 0. The summed E-state index contributed by atoms with van der Waals surface area (Å²) in [6.45, 7) is 9.21. The predicted octanol–water partition coefficient (Wildman–Crippen LogP) is 8.20. The number of nitrogens with zero attached hydrogens (tertiary/aromatic N) is 2. The molecular weight excluding hydrogens is 404 g/mol. The van der Waals surface area contributed by atoms with E-state index in [0.717, 1.165) is 12.8 Å². The molecule has 3 nitrogen and oxygen atoms in total. The molecule has 2 aliphatic rings. The van der Waals surface area contributed by atoms with Gasteiger partial charge in [0.1, 0.15) is 0 Å². The summed E-state index contributed by atoms with van der Waals surface area (Å²) in [5, 5.41) is 0. The fourth-order valence-electron chi connectivity index (χ4n) is 6.96. The van der Waals surface area contributed by atoms with Crippen molar-refractivity contribution < 1.29 is 4.74 Å². The highest BCUT2D eigenvalue weighted by Crippen LogP contribution is 2.48. The Morgan fingerprint density at radius 2 is 1.09 bits per heavy atom. The van der Waals surface area contributed by atoms with E-state index >= 15 is 0 Å². The van der Waals surface area contributed by atoms with Gasteiger partial charge in [-0.1, -0.05) is 52.4 Å². The van der Waals surface area contributed by atoms with Crippen LogP contribution in [0.4, 0.5) is 0 Å². The standard InChI is InChI=1S/C30H44N2O/c1-23(27-11-17-31-21-25(27)3)19-29(13-7-5-8-14-29)33-30(15-9-6-10-16-30)20-24(2)28-12-18-32-22-26(28)4/h11-12,17-18,21-24H,5-10,13-16,19-20H2,1-4H3. The summed E-state index contributed by atoms with van der Waals surface area (Å²) in [6, 6.07) is 4.45. The van der Waals surface area contributed by atoms with Crippen LogP contribution in [-0.2, 0) is 4.74 Å². The summed E-state index contributed by atoms with van der Waals surface area (Å²) >= 11 is 0. The van der Waals surface area contributed by atoms with Crippen molar-refractivity contribution >= 4 is 0 Å². The third-order valence-corrected chi connectivity index (χ3v) is 8.51. The van der Waals surface area contributed by atoms with Gasteiger partial charge in [-0.3, -0.25) is 9.97 Å². The topological polar surface area (TPSA) is 35.0 Å². The Balaban J connectivity index is 1.59. The zero-order valence-corrected chi connectivity index (χ0v) is 21.4. The largest absolute Gasteiger partial charge is 0.369 e. The quantitative estimate of drug-likeness (QED) is 0.408. The van der Waals surface area contributed by atoms with Gasteiger partial charge in [-0.2, -0.15) is 0 Å². The molecule has 2 aromatic heterocycles. The number of hydrogen-bond acceptors (Lipinski definition) is 3. The van der Waals surface area contributed by atoms with Gasteiger partial charge >= 0.3 is 0 Å². The van der Waals surface area contributed by atoms with Crippen molar-refractivity contribution in [2.75, 3.05) is 0 Å². The van der Waals surface area contributed by atoms with E-state index in [4.69, 9.17) is 4.74 Å². The lowest BCUT2D eigenvalue weighted by atomic mass is 9.73. The second-order valence-corrected chi connectivity index (χ2v) is 11.3. The first-order chi connectivity index (χ1) is 15.9. The molecule has 2 saturated carbocycles. The highest BCUT2D eigenvalue weighted by Gasteiger charge is 2.44. The maximum absolute atomic E-state index is 7.54. The van der Waals surface area contributed by atoms with Crippen LogP contribution in [0.3, 0.4) is 0 Å². The van der Waals surface area contributed by atoms with Crippen LogP contribution in [0.5, 0.6) is 0 Å². The molecule has 0 N–H and O–H groups in total. The van der Waals surface area contributed by atoms with Crippen LogP contribution in [0.1, 0.15) is 125 Å². The minimum Gasteiger partial charge on any atom is -0.369 e. The van der Waals surface area contributed by atoms with E-state index in [0.29, 0.717) is 11.8 Å². The van der Waals surface area contributed by atoms with E-state index in [1.54, 1.807) is 0 Å². The van der Waals surface area contributed by atoms with Gasteiger partial charge in [0.25, 0.3) is 0 Å². The summed E-state index contributed by atoms with van der Waals surface area (Å²) in [5.41, 5.74) is 5.53. The van der Waals surface area contributed by atoms with Crippen molar-refractivity contribution in [1.29, 1.82) is 0 Å². The van der Waals surface area contributed by atoms with E-state index in [-0.39, 0.29) is 11.2 Å². The molecule has 33 heavy (non-hydrogen) atoms. The molecule has 2 fully saturated rings. The lowest BCUT2D eigenvalue weighted by Gasteiger charge is -2.50. The zero-order valence-electron chi connectivity index (χ0n) is 21.4. The summed E-state index contributed by atoms with van der Waals surface area (Å²) in [5.74, 6) is 0.984. The Hall–Kier alpha value is -1.74. The van der Waals surface area contributed by atoms with Crippen molar-refractivity contribution in [3.05, 3.63) is 59.2 Å². The average molecular weight is 449 g/mol. The van der Waals surface area contributed by atoms with E-state index in [1.165, 1.54) is 86.5 Å². The van der Waals surface area contributed by atoms with Gasteiger partial charge < -0.3 is 4.74 Å². The number of aromatic nitrogens is 2. The molecule has 0 aromatic carbocycles. The minimum absolute atomic E-state index is 0.0116. The predicted molar refractivity (Wildman–Crippen MR) is 137 cm³/mol. The smallest absolute Gasteiger partial charge is 0.0695 e. The van der Waals surface area contributed by atoms with Gasteiger partial charge in [-0.15, -0.1) is 0 Å². The molecule has 2 aliphatic carbocycles. The third-order valence-electron chi connectivity index (χ3n) is 8.51. The molecule has 0 spiro atoms. The van der Waals surface area contributed by atoms with Crippen molar-refractivity contribution in [2.45, 2.75) is 128 Å². The Kier molecular flexibility index (Phi) is 7.89. The van der Waals surface area contributed by atoms with Crippen LogP contribution in [0.15, 0.2) is 36.9 Å². The van der Waals surface area contributed by atoms with Crippen LogP contribution in [-0.4, -0.2) is 21.2 Å². The van der Waals surface area contributed by atoms with E-state index in [9.17, 15) is 0 Å². The number of rotatable bonds is 8. The molecule has 2 atom stereocenters. The highest BCUT2D eigenvalue weighted by atomic mass is 16.5. The third kappa shape index (κ3) is 5.85. The van der Waals surface area contributed by atoms with Crippen LogP contribution < -0.4 is 0 Å². The molecular formula is C30H44N2O. The number of ether oxygens (including phenoxy) is 1. The normalized spacial score (nSPS) is 21.9. The van der Waals surface area contributed by atoms with Crippen LogP contribution in [0, 0.1) is 13.8 Å². The second-order valence-electron chi connectivity index (χ2n) is 11.3. The Labute approximate surface area is 201 Å². The van der Waals surface area contributed by atoms with Gasteiger partial charge in [-0.05, 0) is 98.6 Å². The fourth-order valence-corrected chi connectivity index (χ4v) is 6.96. The minimum atomic E-state index is 0.0116. The molecule has 0 aliphatic heterocycles. The van der Waals surface area contributed by atoms with Gasteiger partial charge in [0, 0.05) is 24.8 Å². The van der Waals surface area contributed by atoms with E-state index < -0.39 is 0 Å². The van der Waals surface area contributed by atoms with Crippen molar-refractivity contribution in [3.8, 4) is 0 Å². The number of aryl methyl sites for hydroxylation is 2. The maximum Gasteiger partial charge on any atom is 0.0695 e. The molecule has 0 amide bonds. The molecule has 2 heterocycles. The van der Waals surface area contributed by atoms with Gasteiger partial charge in [0.05, 0.1) is 11.2 Å². The zero-order chi connectivity index (χ0) is 23.3. The second kappa shape index (κ2) is 10.7. The van der Waals surface area contributed by atoms with Crippen LogP contribution >= 0.6 is 0 Å². The first-order valence-corrected chi connectivity index (χ1v) is 13.4. The Morgan fingerprint density at radius 3 is 1.45 bits per heavy atom. The number of pyridine rings is 2. The first-order valence-electron chi connectivity index (χ1n) is 13.4. The molecule has 0 radical (unpaired) electrons. The van der Waals surface area contributed by atoms with Crippen molar-refractivity contribution in [3.63, 3.8) is 0 Å². The van der Waals surface area contributed by atoms with Gasteiger partial charge in [-0.25, -0.2) is 0 Å². The fraction of sp³-hybridized carbons (Fsp3) is 0.667. The van der Waals surface area contributed by atoms with Crippen molar-refractivity contribution in [1.82, 2.24) is 9.97 Å². The van der Waals surface area contributed by atoms with Gasteiger partial charge in [0.15, 0.2) is 0 Å². The summed E-state index contributed by atoms with van der Waals surface area (Å²) < 4.78 is 7.54. The highest BCUT2D eigenvalue weighted by molar-refractivity contribution is 5.27. The molecule has 3 heteroatoms. The first kappa shape index (κ1) is 24.4. The summed E-state index contributed by atoms with van der Waals surface area (Å²) in [6.07, 6.45) is 23.0. The molecule has 180 valence electrons. The monoisotopic (exact) mass is 448 g/mol. The molecule has 0 bridgehead atoms. The lowest BCUT2D eigenvalue weighted by Crippen LogP contribution is -2.48. The lowest BCUT2D eigenvalue weighted by molar-refractivity contribution is -0.194. The molecule has 2 aromatic rings. The average Bonchev–Trinajstić information content (AvgIpc) is 2.80. The van der Waals surface area contributed by atoms with Crippen molar-refractivity contribution in [2.24, 2.45) is 0 Å². The Bertz CT molecular complexity index is 822. The van der Waals surface area contributed by atoms with Crippen LogP contribution in [0.25, 0.3) is 0 Å². The van der Waals surface area contributed by atoms with Gasteiger partial charge in [0.2, 0.25) is 0 Å². The molecule has 4 rings (SSSR count). The van der Waals surface area contributed by atoms with E-state index in [1.807, 2.05) is 24.8 Å². The van der Waals surface area contributed by atoms with Crippen LogP contribution in [0.2, 0.25) is 0 Å². The Morgan fingerprint density at radius 1 is 0.697 bits per heavy atom. The van der Waals surface area contributed by atoms with E-state index in [2.05, 4.69) is 49.8 Å². The molecule has 0 saturated heterocycles. The SMILES string of the molecule is Cc1cnccc1C(C)CC1(OC2(CC(C)c3ccncc3C)CCCCC2)CCCCC1. The molecule has 2 unspecified atom stereocenters.